The molecule has 1 aliphatic heterocycles. The van der Waals surface area contributed by atoms with Crippen LogP contribution in [0.2, 0.25) is 0 Å². The lowest BCUT2D eigenvalue weighted by Crippen LogP contribution is -2.36. The van der Waals surface area contributed by atoms with E-state index in [4.69, 9.17) is 0 Å². The van der Waals surface area contributed by atoms with Crippen LogP contribution in [0.5, 0.6) is 0 Å². The van der Waals surface area contributed by atoms with Crippen molar-refractivity contribution in [2.24, 2.45) is 0 Å². The Morgan fingerprint density at radius 1 is 1.39 bits per heavy atom. The van der Waals surface area contributed by atoms with Gasteiger partial charge in [0.05, 0.1) is 11.4 Å². The molecule has 0 bridgehead atoms. The number of hydrogen-bond donors (Lipinski definition) is 2. The van der Waals surface area contributed by atoms with Crippen LogP contribution in [0.4, 0.5) is 5.69 Å². The smallest absolute Gasteiger partial charge is 0.241 e. The normalized spacial score (nSPS) is 13.5. The maximum absolute atomic E-state index is 12.2. The Kier molecular flexibility index (Phi) is 5.17. The van der Waals surface area contributed by atoms with Gasteiger partial charge in [0.15, 0.2) is 0 Å². The van der Waals surface area contributed by atoms with E-state index in [0.717, 1.165) is 11.3 Å². The van der Waals surface area contributed by atoms with E-state index in [1.165, 1.54) is 19.1 Å². The summed E-state index contributed by atoms with van der Waals surface area (Å²) in [5.41, 5.74) is 1.54. The van der Waals surface area contributed by atoms with E-state index in [1.54, 1.807) is 17.0 Å². The summed E-state index contributed by atoms with van der Waals surface area (Å²) < 4.78 is 26.7. The van der Waals surface area contributed by atoms with Crippen LogP contribution in [0.1, 0.15) is 12.5 Å². The molecule has 0 aromatic heterocycles. The van der Waals surface area contributed by atoms with Crippen molar-refractivity contribution in [3.05, 3.63) is 36.4 Å². The third-order valence-electron chi connectivity index (χ3n) is 3.50. The van der Waals surface area contributed by atoms with E-state index < -0.39 is 15.9 Å². The Balaban J connectivity index is 2.11. The van der Waals surface area contributed by atoms with Crippen molar-refractivity contribution in [2.45, 2.75) is 18.2 Å². The summed E-state index contributed by atoms with van der Waals surface area (Å²) in [6.07, 6.45) is 2.12. The van der Waals surface area contributed by atoms with Crippen molar-refractivity contribution in [3.63, 3.8) is 0 Å². The molecule has 0 saturated heterocycles. The number of carbonyl (C=O) groups excluding carboxylic acids is 2. The number of sulfonamides is 1. The van der Waals surface area contributed by atoms with Crippen LogP contribution in [0.25, 0.3) is 0 Å². The number of benzene rings is 1. The molecule has 0 saturated carbocycles. The van der Waals surface area contributed by atoms with Gasteiger partial charge in [-0.1, -0.05) is 6.08 Å². The Bertz CT molecular complexity index is 743. The molecule has 7 nitrogen and oxygen atoms in total. The fourth-order valence-corrected chi connectivity index (χ4v) is 3.40. The number of anilines is 1. The topological polar surface area (TPSA) is 95.6 Å². The van der Waals surface area contributed by atoms with Crippen LogP contribution in [0.15, 0.2) is 35.7 Å². The number of carbonyl (C=O) groups is 2. The summed E-state index contributed by atoms with van der Waals surface area (Å²) in [6.45, 7) is 5.42. The van der Waals surface area contributed by atoms with Gasteiger partial charge in [-0.2, -0.15) is 0 Å². The molecular weight excluding hydrogens is 318 g/mol. The fraction of sp³-hybridized carbons (Fsp3) is 0.333. The quantitative estimate of drug-likeness (QED) is 0.724. The molecule has 124 valence electrons. The van der Waals surface area contributed by atoms with Gasteiger partial charge in [0, 0.05) is 25.7 Å². The first-order valence-corrected chi connectivity index (χ1v) is 8.62. The number of nitrogens with one attached hydrogen (secondary N) is 2. The SMILES string of the molecule is C=CCNC(=O)CNS(=O)(=O)c1ccc2c(c1)CCN2C(C)=O. The van der Waals surface area contributed by atoms with E-state index in [0.29, 0.717) is 13.0 Å². The second-order valence-electron chi connectivity index (χ2n) is 5.13. The number of hydrogen-bond acceptors (Lipinski definition) is 4. The summed E-state index contributed by atoms with van der Waals surface area (Å²) in [7, 11) is -3.78. The zero-order chi connectivity index (χ0) is 17.0. The van der Waals surface area contributed by atoms with E-state index in [1.807, 2.05) is 0 Å². The molecule has 0 fully saturated rings. The minimum absolute atomic E-state index is 0.0728. The Labute approximate surface area is 135 Å². The number of nitrogens with zero attached hydrogens (tertiary/aromatic N) is 1. The zero-order valence-corrected chi connectivity index (χ0v) is 13.6. The first kappa shape index (κ1) is 17.2. The largest absolute Gasteiger partial charge is 0.352 e. The van der Waals surface area contributed by atoms with Gasteiger partial charge in [-0.25, -0.2) is 13.1 Å². The highest BCUT2D eigenvalue weighted by Gasteiger charge is 2.24. The molecule has 0 spiro atoms. The van der Waals surface area contributed by atoms with E-state index in [2.05, 4.69) is 16.6 Å². The molecule has 2 amide bonds. The minimum Gasteiger partial charge on any atom is -0.352 e. The van der Waals surface area contributed by atoms with Crippen molar-refractivity contribution >= 4 is 27.5 Å². The van der Waals surface area contributed by atoms with Gasteiger partial charge in [0.1, 0.15) is 0 Å². The highest BCUT2D eigenvalue weighted by molar-refractivity contribution is 7.89. The molecular formula is C15H19N3O4S. The lowest BCUT2D eigenvalue weighted by Gasteiger charge is -2.15. The molecule has 2 N–H and O–H groups in total. The second kappa shape index (κ2) is 6.93. The van der Waals surface area contributed by atoms with Crippen LogP contribution >= 0.6 is 0 Å². The molecule has 1 aromatic rings. The van der Waals surface area contributed by atoms with Crippen LogP contribution < -0.4 is 14.9 Å². The van der Waals surface area contributed by atoms with Crippen LogP contribution in [0.3, 0.4) is 0 Å². The molecule has 1 aromatic carbocycles. The molecule has 0 unspecified atom stereocenters. The first-order chi connectivity index (χ1) is 10.8. The second-order valence-corrected chi connectivity index (χ2v) is 6.90. The number of amides is 2. The van der Waals surface area contributed by atoms with Crippen molar-refractivity contribution < 1.29 is 18.0 Å². The van der Waals surface area contributed by atoms with Gasteiger partial charge in [0.2, 0.25) is 21.8 Å². The van der Waals surface area contributed by atoms with E-state index >= 15 is 0 Å². The van der Waals surface area contributed by atoms with Gasteiger partial charge in [-0.3, -0.25) is 9.59 Å². The summed E-state index contributed by atoms with van der Waals surface area (Å²) in [5, 5.41) is 2.49. The van der Waals surface area contributed by atoms with Gasteiger partial charge in [0.25, 0.3) is 0 Å². The molecule has 1 aliphatic rings. The fourth-order valence-electron chi connectivity index (χ4n) is 2.36. The van der Waals surface area contributed by atoms with Crippen LogP contribution in [-0.2, 0) is 26.0 Å². The summed E-state index contributed by atoms with van der Waals surface area (Å²) in [4.78, 5) is 24.6. The molecule has 0 radical (unpaired) electrons. The summed E-state index contributed by atoms with van der Waals surface area (Å²) in [5.74, 6) is -0.506. The number of rotatable bonds is 6. The van der Waals surface area contributed by atoms with Crippen molar-refractivity contribution in [3.8, 4) is 0 Å². The average Bonchev–Trinajstić information content (AvgIpc) is 2.94. The zero-order valence-electron chi connectivity index (χ0n) is 12.8. The summed E-state index contributed by atoms with van der Waals surface area (Å²) in [6, 6.07) is 4.60. The maximum atomic E-state index is 12.2. The maximum Gasteiger partial charge on any atom is 0.241 e. The van der Waals surface area contributed by atoms with Gasteiger partial charge in [-0.15, -0.1) is 6.58 Å². The van der Waals surface area contributed by atoms with Gasteiger partial charge in [-0.05, 0) is 30.2 Å². The molecule has 0 aliphatic carbocycles. The number of fused-ring (bicyclic) bond motifs is 1. The van der Waals surface area contributed by atoms with E-state index in [-0.39, 0.29) is 23.9 Å². The standard InChI is InChI=1S/C15H19N3O4S/c1-3-7-16-15(20)10-17-23(21,22)13-4-5-14-12(9-13)6-8-18(14)11(2)19/h3-5,9,17H,1,6-8,10H2,2H3,(H,16,20). The molecule has 8 heteroatoms. The highest BCUT2D eigenvalue weighted by atomic mass is 32.2. The minimum atomic E-state index is -3.78. The van der Waals surface area contributed by atoms with E-state index in [9.17, 15) is 18.0 Å². The third-order valence-corrected chi connectivity index (χ3v) is 4.90. The Morgan fingerprint density at radius 2 is 2.13 bits per heavy atom. The van der Waals surface area contributed by atoms with Crippen LogP contribution in [0, 0.1) is 0 Å². The Hall–Kier alpha value is -2.19. The molecule has 23 heavy (non-hydrogen) atoms. The highest BCUT2D eigenvalue weighted by Crippen LogP contribution is 2.30. The van der Waals surface area contributed by atoms with Crippen molar-refractivity contribution in [2.75, 3.05) is 24.5 Å². The molecule has 2 rings (SSSR count). The van der Waals surface area contributed by atoms with Crippen molar-refractivity contribution in [1.29, 1.82) is 0 Å². The van der Waals surface area contributed by atoms with Gasteiger partial charge >= 0.3 is 0 Å². The van der Waals surface area contributed by atoms with Crippen LogP contribution in [-0.4, -0.2) is 39.9 Å². The average molecular weight is 337 g/mol. The molecule has 0 atom stereocenters. The first-order valence-electron chi connectivity index (χ1n) is 7.13. The lowest BCUT2D eigenvalue weighted by molar-refractivity contribution is -0.119. The predicted octanol–water partition coefficient (Wildman–Crippen LogP) is 0.176. The Morgan fingerprint density at radius 3 is 2.78 bits per heavy atom. The molecule has 1 heterocycles. The summed E-state index contributed by atoms with van der Waals surface area (Å²) >= 11 is 0. The predicted molar refractivity (Wildman–Crippen MR) is 86.6 cm³/mol. The van der Waals surface area contributed by atoms with Gasteiger partial charge < -0.3 is 10.2 Å². The lowest BCUT2D eigenvalue weighted by atomic mass is 10.2. The van der Waals surface area contributed by atoms with Crippen molar-refractivity contribution in [1.82, 2.24) is 10.0 Å². The third kappa shape index (κ3) is 3.96. The monoisotopic (exact) mass is 337 g/mol.